The Labute approximate surface area is 192 Å². The lowest BCUT2D eigenvalue weighted by Gasteiger charge is -2.18. The number of cyclic esters (lactones) is 1. The first-order chi connectivity index (χ1) is 16.5. The molecule has 2 aromatic heterocycles. The van der Waals surface area contributed by atoms with E-state index in [1.165, 1.54) is 22.0 Å². The van der Waals surface area contributed by atoms with Crippen molar-refractivity contribution in [1.82, 2.24) is 20.0 Å². The number of hydrogen-bond acceptors (Lipinski definition) is 7. The van der Waals surface area contributed by atoms with Crippen molar-refractivity contribution in [1.29, 1.82) is 0 Å². The van der Waals surface area contributed by atoms with E-state index in [2.05, 4.69) is 15.3 Å². The van der Waals surface area contributed by atoms with Gasteiger partial charge >= 0.3 is 6.09 Å². The molecule has 11 heteroatoms. The molecule has 1 aliphatic carbocycles. The number of rotatable bonds is 6. The third-order valence-electron chi connectivity index (χ3n) is 7.16. The molecule has 9 nitrogen and oxygen atoms in total. The van der Waals surface area contributed by atoms with Gasteiger partial charge in [0.1, 0.15) is 17.7 Å². The molecule has 0 radical (unpaired) electrons. The first-order valence-corrected chi connectivity index (χ1v) is 11.0. The van der Waals surface area contributed by atoms with Crippen LogP contribution in [0.4, 0.5) is 19.3 Å². The quantitative estimate of drug-likeness (QED) is 0.590. The van der Waals surface area contributed by atoms with Crippen LogP contribution in [0.3, 0.4) is 0 Å². The van der Waals surface area contributed by atoms with Crippen molar-refractivity contribution >= 4 is 11.8 Å². The zero-order chi connectivity index (χ0) is 23.4. The maximum absolute atomic E-state index is 15.1. The summed E-state index contributed by atoms with van der Waals surface area (Å²) in [6.45, 7) is 1.53. The number of amides is 1. The maximum Gasteiger partial charge on any atom is 0.414 e. The Morgan fingerprint density at radius 2 is 1.94 bits per heavy atom. The zero-order valence-electron chi connectivity index (χ0n) is 18.0. The number of halogens is 2. The largest absolute Gasteiger partial charge is 0.442 e. The molecule has 3 aromatic rings. The second-order valence-corrected chi connectivity index (χ2v) is 8.91. The lowest BCUT2D eigenvalue weighted by Crippen LogP contribution is -2.26. The fourth-order valence-electron chi connectivity index (χ4n) is 5.33. The van der Waals surface area contributed by atoms with Crippen LogP contribution >= 0.6 is 0 Å². The predicted molar refractivity (Wildman–Crippen MR) is 114 cm³/mol. The van der Waals surface area contributed by atoms with Gasteiger partial charge in [0.25, 0.3) is 0 Å². The highest BCUT2D eigenvalue weighted by atomic mass is 19.1. The van der Waals surface area contributed by atoms with Gasteiger partial charge in [-0.25, -0.2) is 18.3 Å². The number of carbonyl (C=O) groups excluding carboxylic acids is 1. The van der Waals surface area contributed by atoms with Gasteiger partial charge in [-0.1, -0.05) is 11.3 Å². The van der Waals surface area contributed by atoms with Crippen LogP contribution in [-0.4, -0.2) is 63.6 Å². The summed E-state index contributed by atoms with van der Waals surface area (Å²) in [7, 11) is 0. The number of fused-ring (bicyclic) bond motifs is 1. The van der Waals surface area contributed by atoms with Crippen molar-refractivity contribution < 1.29 is 28.2 Å². The van der Waals surface area contributed by atoms with Gasteiger partial charge < -0.3 is 14.6 Å². The monoisotopic (exact) mass is 469 g/mol. The smallest absolute Gasteiger partial charge is 0.414 e. The number of hydrogen-bond donors (Lipinski definition) is 1. The Kier molecular flexibility index (Phi) is 4.85. The number of nitrogens with zero attached hydrogens (tertiary/aromatic N) is 5. The van der Waals surface area contributed by atoms with E-state index in [9.17, 15) is 9.90 Å². The highest BCUT2D eigenvalue weighted by Gasteiger charge is 2.68. The van der Waals surface area contributed by atoms with Crippen LogP contribution in [0.15, 0.2) is 42.9 Å². The number of benzene rings is 1. The number of aromatic nitrogens is 4. The predicted octanol–water partition coefficient (Wildman–Crippen LogP) is 2.15. The van der Waals surface area contributed by atoms with Gasteiger partial charge in [-0.05, 0) is 18.2 Å². The molecule has 1 N–H and O–H groups in total. The highest BCUT2D eigenvalue weighted by Crippen LogP contribution is 2.62. The van der Waals surface area contributed by atoms with Crippen LogP contribution in [0.1, 0.15) is 5.69 Å². The molecule has 3 fully saturated rings. The van der Waals surface area contributed by atoms with Crippen molar-refractivity contribution in [3.05, 3.63) is 60.2 Å². The molecule has 6 rings (SSSR count). The van der Waals surface area contributed by atoms with Crippen molar-refractivity contribution in [2.24, 2.45) is 11.8 Å². The number of ether oxygens (including phenoxy) is 2. The number of anilines is 1. The Morgan fingerprint density at radius 3 is 2.56 bits per heavy atom. The average Bonchev–Trinajstić information content (AvgIpc) is 3.34. The average molecular weight is 469 g/mol. The molecule has 1 saturated carbocycles. The molecular weight excluding hydrogens is 448 g/mol. The lowest BCUT2D eigenvalue weighted by atomic mass is 9.95. The van der Waals surface area contributed by atoms with Crippen molar-refractivity contribution in [2.75, 3.05) is 31.3 Å². The summed E-state index contributed by atoms with van der Waals surface area (Å²) in [5.41, 5.74) is 0.379. The van der Waals surface area contributed by atoms with Crippen molar-refractivity contribution in [2.45, 2.75) is 18.1 Å². The Bertz CT molecular complexity index is 1200. The normalized spacial score (nSPS) is 27.7. The standard InChI is InChI=1S/C23H21F2N5O4/c24-18-5-14(30-9-15(34-22(30)32)8-29-4-3-27-28-29)6-19(25)21(18)13-1-2-20(26-7-13)23(12-31)16-10-33-11-17(16)23/h1-7,15-17,31H,8-12H2/t15-,16-,17+,23+/m0/s1. The van der Waals surface area contributed by atoms with Gasteiger partial charge in [0.15, 0.2) is 0 Å². The molecular formula is C23H21F2N5O4. The molecule has 34 heavy (non-hydrogen) atoms. The van der Waals surface area contributed by atoms with Crippen LogP contribution < -0.4 is 4.90 Å². The maximum atomic E-state index is 15.1. The molecule has 4 heterocycles. The summed E-state index contributed by atoms with van der Waals surface area (Å²) in [6, 6.07) is 5.55. The Balaban J connectivity index is 1.23. The van der Waals surface area contributed by atoms with E-state index in [1.807, 2.05) is 0 Å². The summed E-state index contributed by atoms with van der Waals surface area (Å²) in [4.78, 5) is 17.9. The molecule has 1 aromatic carbocycles. The molecule has 1 amide bonds. The summed E-state index contributed by atoms with van der Waals surface area (Å²) >= 11 is 0. The molecule has 0 spiro atoms. The minimum Gasteiger partial charge on any atom is -0.442 e. The second kappa shape index (κ2) is 7.81. The Morgan fingerprint density at radius 1 is 1.18 bits per heavy atom. The van der Waals surface area contributed by atoms with Gasteiger partial charge in [-0.15, -0.1) is 5.10 Å². The van der Waals surface area contributed by atoms with Gasteiger partial charge in [-0.2, -0.15) is 0 Å². The highest BCUT2D eigenvalue weighted by molar-refractivity contribution is 5.90. The van der Waals surface area contributed by atoms with E-state index in [0.29, 0.717) is 18.9 Å². The number of aliphatic hydroxyl groups is 1. The van der Waals surface area contributed by atoms with Gasteiger partial charge in [-0.3, -0.25) is 9.88 Å². The fraction of sp³-hybridized carbons (Fsp3) is 0.391. The van der Waals surface area contributed by atoms with Gasteiger partial charge in [0.2, 0.25) is 0 Å². The minimum absolute atomic E-state index is 0.0424. The summed E-state index contributed by atoms with van der Waals surface area (Å²) in [5, 5.41) is 17.5. The third-order valence-corrected chi connectivity index (χ3v) is 7.16. The molecule has 0 unspecified atom stereocenters. The SMILES string of the molecule is O=C1O[C@@H](Cn2ccnn2)CN1c1cc(F)c(-c2ccc([C@@]3(CO)[C@@H]4COC[C@@H]43)nc2)c(F)c1. The summed E-state index contributed by atoms with van der Waals surface area (Å²) < 4.78 is 42.4. The van der Waals surface area contributed by atoms with Crippen molar-refractivity contribution in [3.63, 3.8) is 0 Å². The number of carbonyl (C=O) groups is 1. The van der Waals surface area contributed by atoms with E-state index >= 15 is 8.78 Å². The third kappa shape index (κ3) is 3.18. The van der Waals surface area contributed by atoms with Gasteiger partial charge in [0, 0.05) is 40.9 Å². The summed E-state index contributed by atoms with van der Waals surface area (Å²) in [5.74, 6) is -1.19. The van der Waals surface area contributed by atoms with E-state index in [4.69, 9.17) is 9.47 Å². The molecule has 2 aliphatic heterocycles. The van der Waals surface area contributed by atoms with Gasteiger partial charge in [0.05, 0.1) is 50.4 Å². The molecule has 3 aliphatic rings. The topological polar surface area (TPSA) is 103 Å². The molecule has 0 bridgehead atoms. The first-order valence-electron chi connectivity index (χ1n) is 11.0. The molecule has 4 atom stereocenters. The van der Waals surface area contributed by atoms with E-state index in [-0.39, 0.29) is 48.3 Å². The van der Waals surface area contributed by atoms with Crippen LogP contribution in [0.25, 0.3) is 11.1 Å². The molecule has 176 valence electrons. The van der Waals surface area contributed by atoms with Crippen LogP contribution in [0, 0.1) is 23.5 Å². The first kappa shape index (κ1) is 21.1. The summed E-state index contributed by atoms with van der Waals surface area (Å²) in [6.07, 6.45) is 3.35. The lowest BCUT2D eigenvalue weighted by molar-refractivity contribution is 0.118. The van der Waals surface area contributed by atoms with Crippen molar-refractivity contribution in [3.8, 4) is 11.1 Å². The van der Waals surface area contributed by atoms with Crippen LogP contribution in [0.5, 0.6) is 0 Å². The minimum atomic E-state index is -0.814. The zero-order valence-corrected chi connectivity index (χ0v) is 18.0. The van der Waals surface area contributed by atoms with Crippen LogP contribution in [0.2, 0.25) is 0 Å². The second-order valence-electron chi connectivity index (χ2n) is 8.91. The fourth-order valence-corrected chi connectivity index (χ4v) is 5.33. The Hall–Kier alpha value is -3.44. The number of pyridine rings is 1. The number of aliphatic hydroxyl groups excluding tert-OH is 1. The van der Waals surface area contributed by atoms with E-state index in [0.717, 1.165) is 12.1 Å². The van der Waals surface area contributed by atoms with Crippen LogP contribution in [-0.2, 0) is 21.4 Å². The van der Waals surface area contributed by atoms with E-state index < -0.39 is 29.2 Å². The molecule has 2 saturated heterocycles. The van der Waals surface area contributed by atoms with E-state index in [1.54, 1.807) is 18.3 Å².